The lowest BCUT2D eigenvalue weighted by atomic mass is 10.7. The molecule has 6 heteroatoms. The average molecular weight is 157 g/mol. The van der Waals surface area contributed by atoms with Gasteiger partial charge in [0.1, 0.15) is 6.20 Å². The van der Waals surface area contributed by atoms with Crippen LogP contribution in [0, 0.1) is 14.8 Å². The summed E-state index contributed by atoms with van der Waals surface area (Å²) >= 11 is 4.62. The van der Waals surface area contributed by atoms with Gasteiger partial charge in [0.05, 0.1) is 0 Å². The minimum absolute atomic E-state index is 0.307. The molecule has 0 aliphatic heterocycles. The third-order valence-electron chi connectivity index (χ3n) is 0.831. The molecule has 0 amide bonds. The van der Waals surface area contributed by atoms with Gasteiger partial charge in [-0.1, -0.05) is 4.98 Å². The molecule has 0 radical (unpaired) electrons. The summed E-state index contributed by atoms with van der Waals surface area (Å²) in [4.78, 5) is 15.1. The zero-order chi connectivity index (χ0) is 7.56. The Balaban J connectivity index is 3.20. The molecule has 0 saturated carbocycles. The fourth-order valence-corrected chi connectivity index (χ4v) is 0.605. The van der Waals surface area contributed by atoms with Gasteiger partial charge < -0.3 is 10.1 Å². The van der Waals surface area contributed by atoms with Gasteiger partial charge in [0, 0.05) is 6.07 Å². The highest BCUT2D eigenvalue weighted by Crippen LogP contribution is 1.97. The van der Waals surface area contributed by atoms with Crippen molar-refractivity contribution in [3.63, 3.8) is 0 Å². The first-order chi connectivity index (χ1) is 4.70. The Morgan fingerprint density at radius 3 is 2.90 bits per heavy atom. The van der Waals surface area contributed by atoms with Gasteiger partial charge in [-0.3, -0.25) is 0 Å². The van der Waals surface area contributed by atoms with Gasteiger partial charge in [-0.2, -0.15) is 0 Å². The van der Waals surface area contributed by atoms with Crippen LogP contribution >= 0.6 is 12.2 Å². The van der Waals surface area contributed by atoms with Crippen molar-refractivity contribution < 1.29 is 4.92 Å². The summed E-state index contributed by atoms with van der Waals surface area (Å²) in [6, 6.07) is 1.47. The van der Waals surface area contributed by atoms with E-state index in [1.165, 1.54) is 12.3 Å². The van der Waals surface area contributed by atoms with Crippen LogP contribution in [-0.2, 0) is 0 Å². The maximum atomic E-state index is 10.0. The highest BCUT2D eigenvalue weighted by molar-refractivity contribution is 7.71. The van der Waals surface area contributed by atoms with Gasteiger partial charge in [0.2, 0.25) is 0 Å². The fraction of sp³-hybridized carbons (Fsp3) is 0. The highest BCUT2D eigenvalue weighted by atomic mass is 32.1. The van der Waals surface area contributed by atoms with E-state index in [9.17, 15) is 10.1 Å². The van der Waals surface area contributed by atoms with Crippen LogP contribution in [0.15, 0.2) is 12.3 Å². The molecule has 0 atom stereocenters. The van der Waals surface area contributed by atoms with E-state index in [1.807, 2.05) is 0 Å². The van der Waals surface area contributed by atoms with Crippen molar-refractivity contribution >= 4 is 18.2 Å². The molecule has 0 aromatic carbocycles. The van der Waals surface area contributed by atoms with E-state index in [4.69, 9.17) is 0 Å². The number of hydrogen-bond donors (Lipinski definition) is 1. The third-order valence-corrected chi connectivity index (χ3v) is 1.07. The SMILES string of the molecule is O=[N+]([O-])c1nccc(=S)[nH]1. The average Bonchev–Trinajstić information content (AvgIpc) is 1.88. The normalized spacial score (nSPS) is 9.20. The third kappa shape index (κ3) is 1.35. The van der Waals surface area contributed by atoms with E-state index in [0.717, 1.165) is 0 Å². The smallest absolute Gasteiger partial charge is 0.390 e. The van der Waals surface area contributed by atoms with Gasteiger partial charge in [0.15, 0.2) is 4.64 Å². The predicted octanol–water partition coefficient (Wildman–Crippen LogP) is 1.05. The van der Waals surface area contributed by atoms with Gasteiger partial charge in [-0.15, -0.1) is 0 Å². The molecule has 10 heavy (non-hydrogen) atoms. The molecular formula is C4H3N3O2S. The molecule has 1 N–H and O–H groups in total. The number of rotatable bonds is 1. The van der Waals surface area contributed by atoms with Crippen LogP contribution in [0.3, 0.4) is 0 Å². The van der Waals surface area contributed by atoms with Crippen molar-refractivity contribution in [2.75, 3.05) is 0 Å². The molecule has 0 aliphatic rings. The maximum absolute atomic E-state index is 10.0. The second-order valence-electron chi connectivity index (χ2n) is 1.51. The van der Waals surface area contributed by atoms with Crippen LogP contribution < -0.4 is 0 Å². The zero-order valence-corrected chi connectivity index (χ0v) is 5.59. The Morgan fingerprint density at radius 2 is 2.50 bits per heavy atom. The Morgan fingerprint density at radius 1 is 1.80 bits per heavy atom. The first-order valence-electron chi connectivity index (χ1n) is 2.40. The molecular weight excluding hydrogens is 154 g/mol. The highest BCUT2D eigenvalue weighted by Gasteiger charge is 2.01. The monoisotopic (exact) mass is 157 g/mol. The summed E-state index contributed by atoms with van der Waals surface area (Å²) in [5, 5.41) is 10.0. The number of nitro groups is 1. The number of aromatic amines is 1. The maximum Gasteiger partial charge on any atom is 0.433 e. The van der Waals surface area contributed by atoms with E-state index < -0.39 is 4.92 Å². The first-order valence-corrected chi connectivity index (χ1v) is 2.80. The van der Waals surface area contributed by atoms with Gasteiger partial charge >= 0.3 is 5.95 Å². The lowest BCUT2D eigenvalue weighted by Crippen LogP contribution is -1.94. The molecule has 1 aromatic rings. The molecule has 0 spiro atoms. The number of nitrogens with zero attached hydrogens (tertiary/aromatic N) is 2. The van der Waals surface area contributed by atoms with Crippen molar-refractivity contribution in [3.8, 4) is 0 Å². The van der Waals surface area contributed by atoms with Gasteiger partial charge in [-0.25, -0.2) is 4.98 Å². The summed E-state index contributed by atoms with van der Waals surface area (Å²) in [6.07, 6.45) is 1.29. The van der Waals surface area contributed by atoms with Gasteiger partial charge in [-0.05, 0) is 17.1 Å². The minimum Gasteiger partial charge on any atom is -0.390 e. The van der Waals surface area contributed by atoms with E-state index in [-0.39, 0.29) is 5.95 Å². The largest absolute Gasteiger partial charge is 0.433 e. The summed E-state index contributed by atoms with van der Waals surface area (Å²) in [5.41, 5.74) is 0. The predicted molar refractivity (Wildman–Crippen MR) is 36.1 cm³/mol. The second-order valence-corrected chi connectivity index (χ2v) is 1.95. The van der Waals surface area contributed by atoms with Crippen LogP contribution in [0.5, 0.6) is 0 Å². The van der Waals surface area contributed by atoms with Crippen molar-refractivity contribution in [1.29, 1.82) is 0 Å². The van der Waals surface area contributed by atoms with Crippen LogP contribution in [0.1, 0.15) is 0 Å². The molecule has 1 rings (SSSR count). The lowest BCUT2D eigenvalue weighted by molar-refractivity contribution is -0.394. The van der Waals surface area contributed by atoms with E-state index in [1.54, 1.807) is 0 Å². The standard InChI is InChI=1S/C4H3N3O2S/c8-7(9)4-5-2-1-3(10)6-4/h1-2H,(H,5,6,10). The molecule has 0 unspecified atom stereocenters. The van der Waals surface area contributed by atoms with E-state index in [2.05, 4.69) is 22.2 Å². The molecule has 5 nitrogen and oxygen atoms in total. The van der Waals surface area contributed by atoms with Crippen LogP contribution in [0.2, 0.25) is 0 Å². The zero-order valence-electron chi connectivity index (χ0n) is 4.77. The van der Waals surface area contributed by atoms with Crippen LogP contribution in [-0.4, -0.2) is 14.9 Å². The number of hydrogen-bond acceptors (Lipinski definition) is 4. The minimum atomic E-state index is -0.629. The number of nitrogens with one attached hydrogen (secondary N) is 1. The van der Waals surface area contributed by atoms with Crippen molar-refractivity contribution in [2.45, 2.75) is 0 Å². The van der Waals surface area contributed by atoms with Crippen molar-refractivity contribution in [3.05, 3.63) is 27.0 Å². The summed E-state index contributed by atoms with van der Waals surface area (Å²) in [5.74, 6) is -0.326. The second kappa shape index (κ2) is 2.53. The summed E-state index contributed by atoms with van der Waals surface area (Å²) in [6.45, 7) is 0. The van der Waals surface area contributed by atoms with Crippen LogP contribution in [0.25, 0.3) is 0 Å². The van der Waals surface area contributed by atoms with E-state index >= 15 is 0 Å². The molecule has 0 fully saturated rings. The number of H-pyrrole nitrogens is 1. The molecule has 0 aliphatic carbocycles. The number of aromatic nitrogens is 2. The Bertz CT molecular complexity index is 307. The molecule has 1 aromatic heterocycles. The Labute approximate surface area is 60.9 Å². The molecule has 1 heterocycles. The lowest BCUT2D eigenvalue weighted by Gasteiger charge is -1.89. The first kappa shape index (κ1) is 6.81. The Hall–Kier alpha value is -1.30. The quantitative estimate of drug-likeness (QED) is 0.375. The van der Waals surface area contributed by atoms with Crippen LogP contribution in [0.4, 0.5) is 5.95 Å². The van der Waals surface area contributed by atoms with Crippen molar-refractivity contribution in [2.24, 2.45) is 0 Å². The molecule has 0 saturated heterocycles. The fourth-order valence-electron chi connectivity index (χ4n) is 0.452. The van der Waals surface area contributed by atoms with E-state index in [0.29, 0.717) is 4.64 Å². The Kier molecular flexibility index (Phi) is 1.72. The summed E-state index contributed by atoms with van der Waals surface area (Å²) in [7, 11) is 0. The summed E-state index contributed by atoms with van der Waals surface area (Å²) < 4.78 is 0.307. The molecule has 0 bridgehead atoms. The topological polar surface area (TPSA) is 71.8 Å². The van der Waals surface area contributed by atoms with Crippen molar-refractivity contribution in [1.82, 2.24) is 9.97 Å². The molecule has 52 valence electrons. The van der Waals surface area contributed by atoms with Gasteiger partial charge in [0.25, 0.3) is 0 Å².